The van der Waals surface area contributed by atoms with Crippen molar-refractivity contribution >= 4 is 169 Å². The summed E-state index contributed by atoms with van der Waals surface area (Å²) in [6.45, 7) is 12.0. The van der Waals surface area contributed by atoms with Gasteiger partial charge >= 0.3 is 24.4 Å². The number of rotatable bonds is 12. The molecular formula is C101H92Br2Cl5F3N10O10. The van der Waals surface area contributed by atoms with Crippen LogP contribution in [0.1, 0.15) is 153 Å². The average molecular weight is 2000 g/mol. The first-order valence-corrected chi connectivity index (χ1v) is 47.2. The van der Waals surface area contributed by atoms with Gasteiger partial charge in [0.2, 0.25) is 6.79 Å². The number of H-pyrrole nitrogens is 5. The van der Waals surface area contributed by atoms with Crippen LogP contribution >= 0.6 is 89.9 Å². The lowest BCUT2D eigenvalue weighted by Crippen LogP contribution is -2.41. The number of nitrogens with one attached hydrogen (secondary N) is 6. The van der Waals surface area contributed by atoms with Gasteiger partial charge in [0.15, 0.2) is 11.5 Å². The molecule has 15 aromatic rings. The van der Waals surface area contributed by atoms with Crippen LogP contribution in [0.15, 0.2) is 215 Å². The van der Waals surface area contributed by atoms with Crippen LogP contribution in [0, 0.1) is 17.5 Å². The molecule has 131 heavy (non-hydrogen) atoms. The van der Waals surface area contributed by atoms with E-state index in [0.29, 0.717) is 89.4 Å². The fourth-order valence-corrected chi connectivity index (χ4v) is 20.1. The number of halogens is 10. The molecule has 6 aliphatic rings. The van der Waals surface area contributed by atoms with E-state index >= 15 is 0 Å². The predicted octanol–water partition coefficient (Wildman–Crippen LogP) is 25.7. The summed E-state index contributed by atoms with van der Waals surface area (Å²) in [6.07, 6.45) is 2.12. The molecule has 0 spiro atoms. The monoisotopic (exact) mass is 1990 g/mol. The zero-order valence-corrected chi connectivity index (χ0v) is 78.7. The fourth-order valence-electron chi connectivity index (χ4n) is 18.7. The van der Waals surface area contributed by atoms with Crippen LogP contribution in [0.3, 0.4) is 0 Å². The minimum atomic E-state index is -0.783. The minimum absolute atomic E-state index is 0.106. The van der Waals surface area contributed by atoms with Crippen molar-refractivity contribution < 1.29 is 60.8 Å². The van der Waals surface area contributed by atoms with Gasteiger partial charge in [-0.25, -0.2) is 32.3 Å². The molecule has 6 aliphatic heterocycles. The van der Waals surface area contributed by atoms with Gasteiger partial charge in [0, 0.05) is 145 Å². The highest BCUT2D eigenvalue weighted by Crippen LogP contribution is 2.47. The Morgan fingerprint density at radius 1 is 0.412 bits per heavy atom. The summed E-state index contributed by atoms with van der Waals surface area (Å²) in [6, 6.07) is 62.5. The first-order valence-electron chi connectivity index (χ1n) is 43.4. The third-order valence-electron chi connectivity index (χ3n) is 24.5. The number of nitrogens with zero attached hydrogens (tertiary/aromatic N) is 4. The lowest BCUT2D eigenvalue weighted by molar-refractivity contribution is 0.0920. The Balaban J connectivity index is 0.000000115. The summed E-state index contributed by atoms with van der Waals surface area (Å²) < 4.78 is 76.5. The molecule has 0 radical (unpaired) electrons. The van der Waals surface area contributed by atoms with Crippen molar-refractivity contribution in [1.29, 1.82) is 0 Å². The van der Waals surface area contributed by atoms with Crippen molar-refractivity contribution in [3.05, 3.63) is 337 Å². The predicted molar refractivity (Wildman–Crippen MR) is 515 cm³/mol. The number of carbonyl (C=O) groups is 4. The van der Waals surface area contributed by atoms with Gasteiger partial charge in [-0.05, 0) is 241 Å². The number of alkyl halides is 2. The van der Waals surface area contributed by atoms with Crippen LogP contribution < -0.4 is 14.8 Å². The van der Waals surface area contributed by atoms with E-state index in [2.05, 4.69) is 118 Å². The molecule has 0 aliphatic carbocycles. The smallest absolute Gasteiger partial charge is 0.410 e. The summed E-state index contributed by atoms with van der Waals surface area (Å²) >= 11 is 37.0. The van der Waals surface area contributed by atoms with Gasteiger partial charge in [0.25, 0.3) is 0 Å². The van der Waals surface area contributed by atoms with E-state index in [1.807, 2.05) is 134 Å². The molecule has 21 rings (SSSR count). The largest absolute Gasteiger partial charge is 0.454 e. The van der Waals surface area contributed by atoms with E-state index in [1.54, 1.807) is 27.7 Å². The highest BCUT2D eigenvalue weighted by molar-refractivity contribution is 9.10. The SMILES string of the molecule is CC(C)c1ccc(C2NCCc3c2[nH]c2ccc(Br)cc32)cc1.CCOC(=O)N1CCc2c([nH]c3ccc(Br)cc23)C1c1cc(F)ccc1F.CCOC(=O)N1CCc2c([nH]c3ccc(Cl)cc23)C1c1ccc2c(c1)OCO2.O=C(OCCCl)N1CCc2c([nH]c3ccc(Cl)cc23)C1c1cccc(F)c1.O=C(OCCCl)N1CCc2c([nH]c3ccc(Cl)cc23)C1c1ccccc1. The topological polar surface area (TPSA) is 228 Å². The molecule has 0 saturated heterocycles. The average Bonchev–Trinajstić information content (AvgIpc) is 1.64. The van der Waals surface area contributed by atoms with Gasteiger partial charge in [-0.3, -0.25) is 19.6 Å². The molecule has 20 nitrogen and oxygen atoms in total. The molecule has 6 N–H and O–H groups in total. The van der Waals surface area contributed by atoms with E-state index in [4.69, 9.17) is 86.4 Å². The number of carbonyl (C=O) groups excluding carboxylic acids is 4. The molecule has 5 unspecified atom stereocenters. The van der Waals surface area contributed by atoms with Crippen LogP contribution in [0.2, 0.25) is 15.1 Å². The Morgan fingerprint density at radius 2 is 0.817 bits per heavy atom. The van der Waals surface area contributed by atoms with Crippen LogP contribution in [0.25, 0.3) is 54.5 Å². The Kier molecular flexibility index (Phi) is 28.3. The molecule has 5 aromatic heterocycles. The third kappa shape index (κ3) is 19.3. The standard InChI is InChI=1S/C21H19ClN2O4.C20H17BrF2N2O2.C20H21BrN2.C20H17Cl2FN2O2.C20H18Cl2N2O2/c1-2-26-21(25)24-8-7-14-15-10-13(22)4-5-16(15)23-19(14)20(24)12-3-6-17-18(9-12)28-11-27-17;1-2-27-20(26)25-8-7-13-14-9-11(21)3-6-17(14)24-18(13)19(25)15-10-12(22)4-5-16(15)23;1-12(2)13-3-5-14(6-4-13)19-20-16(9-10-22-19)17-11-15(21)7-8-18(17)23-20;21-7-9-27-20(26)25-8-6-15-16-11-13(22)4-5-17(16)24-18(15)19(25)12-2-1-3-14(23)10-12;21-9-11-26-20(25)24-10-8-15-16-12-14(22)6-7-17(16)23-18(15)19(24)13-4-2-1-3-5-13/h3-6,9-10,20,23H,2,7-8,11H2,1H3;3-6,9-10,19,24H,2,7-8H2,1H3;3-8,11-12,19,22-23H,9-10H2,1-2H3;1-5,10-11,19,24H,6-9H2;1-7,12,19,23H,8-11H2. The van der Waals surface area contributed by atoms with Crippen LogP contribution in [-0.2, 0) is 51.1 Å². The normalized spacial score (nSPS) is 16.9. The molecular weight excluding hydrogens is 1910 g/mol. The van der Waals surface area contributed by atoms with Crippen molar-refractivity contribution in [2.24, 2.45) is 0 Å². The number of ether oxygens (including phenoxy) is 6. The number of benzene rings is 10. The molecule has 676 valence electrons. The summed E-state index contributed by atoms with van der Waals surface area (Å²) in [5.41, 5.74) is 21.4. The minimum Gasteiger partial charge on any atom is -0.454 e. The highest BCUT2D eigenvalue weighted by atomic mass is 79.9. The van der Waals surface area contributed by atoms with Gasteiger partial charge in [0.05, 0.1) is 31.0 Å². The van der Waals surface area contributed by atoms with Gasteiger partial charge < -0.3 is 58.7 Å². The molecule has 0 saturated carbocycles. The zero-order valence-electron chi connectivity index (χ0n) is 71.8. The maximum absolute atomic E-state index is 14.6. The Hall–Kier alpha value is -11.3. The number of amides is 4. The van der Waals surface area contributed by atoms with E-state index in [0.717, 1.165) is 136 Å². The Bertz CT molecular complexity index is 6770. The highest BCUT2D eigenvalue weighted by Gasteiger charge is 2.42. The van der Waals surface area contributed by atoms with Crippen molar-refractivity contribution in [3.8, 4) is 11.5 Å². The summed E-state index contributed by atoms with van der Waals surface area (Å²) in [4.78, 5) is 74.4. The van der Waals surface area contributed by atoms with Gasteiger partial charge in [-0.2, -0.15) is 0 Å². The second-order valence-corrected chi connectivity index (χ2v) is 36.5. The number of hydrogen-bond acceptors (Lipinski definition) is 11. The van der Waals surface area contributed by atoms with E-state index in [9.17, 15) is 32.3 Å². The molecule has 4 amide bonds. The third-order valence-corrected chi connectivity index (χ3v) is 26.5. The molecule has 0 fully saturated rings. The van der Waals surface area contributed by atoms with E-state index < -0.39 is 35.9 Å². The van der Waals surface area contributed by atoms with Crippen molar-refractivity contribution in [1.82, 2.24) is 49.8 Å². The first kappa shape index (κ1) is 91.6. The van der Waals surface area contributed by atoms with Crippen LogP contribution in [0.5, 0.6) is 11.5 Å². The lowest BCUT2D eigenvalue weighted by atomic mass is 9.92. The molecule has 30 heteroatoms. The summed E-state index contributed by atoms with van der Waals surface area (Å²) in [7, 11) is 0. The van der Waals surface area contributed by atoms with Crippen molar-refractivity contribution in [3.63, 3.8) is 0 Å². The number of aromatic amines is 5. The first-order chi connectivity index (χ1) is 63.5. The summed E-state index contributed by atoms with van der Waals surface area (Å²) in [5, 5.41) is 11.3. The molecule has 0 bridgehead atoms. The van der Waals surface area contributed by atoms with E-state index in [1.165, 1.54) is 61.4 Å². The zero-order chi connectivity index (χ0) is 91.4. The second-order valence-electron chi connectivity index (χ2n) is 32.6. The fraction of sp³-hybridized carbons (Fsp3) is 0.267. The van der Waals surface area contributed by atoms with Crippen molar-refractivity contribution in [2.75, 3.05) is 77.7 Å². The Morgan fingerprint density at radius 3 is 1.29 bits per heavy atom. The maximum atomic E-state index is 14.6. The Labute approximate surface area is 795 Å². The number of fused-ring (bicyclic) bond motifs is 16. The van der Waals surface area contributed by atoms with Gasteiger partial charge in [-0.15, -0.1) is 23.2 Å². The molecule has 10 aromatic carbocycles. The van der Waals surface area contributed by atoms with Crippen LogP contribution in [-0.4, -0.2) is 147 Å². The second kappa shape index (κ2) is 40.4. The number of hydrogen-bond donors (Lipinski definition) is 6. The molecule has 5 atom stereocenters. The van der Waals surface area contributed by atoms with Gasteiger partial charge in [-0.1, -0.05) is 153 Å². The maximum Gasteiger partial charge on any atom is 0.410 e. The van der Waals surface area contributed by atoms with Crippen molar-refractivity contribution in [2.45, 2.75) is 95.9 Å². The summed E-state index contributed by atoms with van der Waals surface area (Å²) in [5.74, 6) is 1.01. The lowest BCUT2D eigenvalue weighted by Gasteiger charge is -2.35. The molecule has 11 heterocycles. The van der Waals surface area contributed by atoms with Gasteiger partial charge in [0.1, 0.15) is 54.8 Å². The number of aromatic nitrogens is 5. The van der Waals surface area contributed by atoms with Crippen LogP contribution in [0.4, 0.5) is 32.3 Å². The van der Waals surface area contributed by atoms with E-state index in [-0.39, 0.29) is 80.1 Å². The quantitative estimate of drug-likeness (QED) is 0.0498.